The maximum Gasteiger partial charge on any atom is 0.0199 e. The van der Waals surface area contributed by atoms with Gasteiger partial charge in [-0.05, 0) is 32.4 Å². The van der Waals surface area contributed by atoms with E-state index in [1.165, 1.54) is 0 Å². The van der Waals surface area contributed by atoms with Gasteiger partial charge in [0.05, 0.1) is 0 Å². The fourth-order valence-electron chi connectivity index (χ4n) is 1.11. The van der Waals surface area contributed by atoms with Crippen molar-refractivity contribution in [2.24, 2.45) is 0 Å². The largest absolute Gasteiger partial charge is 0.312 e. The number of nitrogens with one attached hydrogen (secondary N) is 1. The summed E-state index contributed by atoms with van der Waals surface area (Å²) in [7, 11) is 0. The van der Waals surface area contributed by atoms with E-state index < -0.39 is 0 Å². The second-order valence-corrected chi connectivity index (χ2v) is 3.24. The van der Waals surface area contributed by atoms with Gasteiger partial charge in [-0.2, -0.15) is 0 Å². The monoisotopic (exact) mass is 191 g/mol. The van der Waals surface area contributed by atoms with Gasteiger partial charge >= 0.3 is 0 Å². The third kappa shape index (κ3) is 7.56. The van der Waals surface area contributed by atoms with Crippen LogP contribution >= 0.6 is 0 Å². The normalized spacial score (nSPS) is 11.3. The topological polar surface area (TPSA) is 12.0 Å². The quantitative estimate of drug-likeness (QED) is 0.481. The number of hydrogen-bond donors (Lipinski definition) is 1. The van der Waals surface area contributed by atoms with Crippen molar-refractivity contribution in [3.63, 3.8) is 0 Å². The molecule has 0 aromatic rings. The van der Waals surface area contributed by atoms with E-state index >= 15 is 0 Å². The average Bonchev–Trinajstić information content (AvgIpc) is 2.13. The molecule has 0 radical (unpaired) electrons. The molecule has 0 unspecified atom stereocenters. The summed E-state index contributed by atoms with van der Waals surface area (Å²) in [4.78, 5) is 0. The maximum absolute atomic E-state index is 3.93. The van der Waals surface area contributed by atoms with Gasteiger partial charge in [-0.3, -0.25) is 0 Å². The van der Waals surface area contributed by atoms with E-state index in [2.05, 4.69) is 18.5 Å². The summed E-state index contributed by atoms with van der Waals surface area (Å²) >= 11 is 0. The molecule has 78 valence electrons. The molecule has 0 aliphatic heterocycles. The van der Waals surface area contributed by atoms with Crippen molar-refractivity contribution >= 4 is 0 Å². The lowest BCUT2D eigenvalue weighted by atomic mass is 10.2. The van der Waals surface area contributed by atoms with E-state index in [4.69, 9.17) is 0 Å². The lowest BCUT2D eigenvalue weighted by molar-refractivity contribution is 0.737. The smallest absolute Gasteiger partial charge is 0.0199 e. The Labute approximate surface area is 87.9 Å². The predicted octanol–water partition coefficient (Wildman–Crippen LogP) is 3.23. The van der Waals surface area contributed by atoms with Crippen LogP contribution in [0.4, 0.5) is 0 Å². The molecule has 0 spiro atoms. The van der Waals surface area contributed by atoms with Crippen LogP contribution in [0.5, 0.6) is 0 Å². The summed E-state index contributed by atoms with van der Waals surface area (Å²) in [6.07, 6.45) is 9.08. The first-order chi connectivity index (χ1) is 6.70. The minimum Gasteiger partial charge on any atom is -0.312 e. The highest BCUT2D eigenvalue weighted by Crippen LogP contribution is 1.98. The first-order valence-electron chi connectivity index (χ1n) is 5.02. The molecule has 1 heteroatoms. The standard InChI is InChI=1S/C13H21N/c1-5-7-12(3)9-10-14-11-13(4)8-6-2/h5-8,14H,3-4,9-11H2,1-2H3/b7-5-,8-6-. The summed E-state index contributed by atoms with van der Waals surface area (Å²) in [5, 5.41) is 3.31. The van der Waals surface area contributed by atoms with Crippen molar-refractivity contribution in [1.82, 2.24) is 5.32 Å². The van der Waals surface area contributed by atoms with Crippen LogP contribution in [0.15, 0.2) is 48.6 Å². The Morgan fingerprint density at radius 3 is 2.21 bits per heavy atom. The Morgan fingerprint density at radius 1 is 1.07 bits per heavy atom. The number of allylic oxidation sites excluding steroid dienone is 3. The van der Waals surface area contributed by atoms with Gasteiger partial charge in [-0.1, -0.05) is 43.0 Å². The zero-order valence-electron chi connectivity index (χ0n) is 9.34. The lowest BCUT2D eigenvalue weighted by Gasteiger charge is -2.04. The van der Waals surface area contributed by atoms with E-state index in [0.717, 1.165) is 30.7 Å². The Morgan fingerprint density at radius 2 is 1.64 bits per heavy atom. The molecule has 0 aliphatic rings. The van der Waals surface area contributed by atoms with Gasteiger partial charge in [0, 0.05) is 6.54 Å². The highest BCUT2D eigenvalue weighted by molar-refractivity contribution is 5.16. The maximum atomic E-state index is 3.93. The summed E-state index contributed by atoms with van der Waals surface area (Å²) in [5.41, 5.74) is 2.28. The average molecular weight is 191 g/mol. The van der Waals surface area contributed by atoms with Crippen molar-refractivity contribution in [2.75, 3.05) is 13.1 Å². The third-order valence-electron chi connectivity index (χ3n) is 1.78. The minimum atomic E-state index is 0.855. The molecule has 1 N–H and O–H groups in total. The van der Waals surface area contributed by atoms with E-state index in [1.54, 1.807) is 0 Å². The van der Waals surface area contributed by atoms with Crippen LogP contribution in [0.1, 0.15) is 20.3 Å². The Hall–Kier alpha value is -1.08. The van der Waals surface area contributed by atoms with Crippen LogP contribution in [-0.2, 0) is 0 Å². The van der Waals surface area contributed by atoms with Crippen LogP contribution in [0, 0.1) is 0 Å². The van der Waals surface area contributed by atoms with E-state index in [9.17, 15) is 0 Å². The molecule has 0 rings (SSSR count). The molecule has 0 saturated heterocycles. The van der Waals surface area contributed by atoms with Gasteiger partial charge in [-0.25, -0.2) is 0 Å². The van der Waals surface area contributed by atoms with Crippen molar-refractivity contribution < 1.29 is 0 Å². The van der Waals surface area contributed by atoms with Crippen molar-refractivity contribution in [3.05, 3.63) is 48.6 Å². The van der Waals surface area contributed by atoms with E-state index in [-0.39, 0.29) is 0 Å². The van der Waals surface area contributed by atoms with Crippen LogP contribution in [0.2, 0.25) is 0 Å². The van der Waals surface area contributed by atoms with E-state index in [1.807, 2.05) is 38.2 Å². The van der Waals surface area contributed by atoms with Crippen LogP contribution in [0.25, 0.3) is 0 Å². The molecule has 0 aromatic heterocycles. The summed E-state index contributed by atoms with van der Waals surface area (Å²) < 4.78 is 0. The molecule has 0 fully saturated rings. The second-order valence-electron chi connectivity index (χ2n) is 3.24. The molecular weight excluding hydrogens is 170 g/mol. The summed E-state index contributed by atoms with van der Waals surface area (Å²) in [5.74, 6) is 0. The molecule has 0 bridgehead atoms. The van der Waals surface area contributed by atoms with Gasteiger partial charge in [0.25, 0.3) is 0 Å². The van der Waals surface area contributed by atoms with Gasteiger partial charge in [0.15, 0.2) is 0 Å². The number of rotatable bonds is 7. The molecule has 0 saturated carbocycles. The lowest BCUT2D eigenvalue weighted by Crippen LogP contribution is -2.17. The molecule has 0 heterocycles. The summed E-state index contributed by atoms with van der Waals surface area (Å²) in [6.45, 7) is 13.7. The van der Waals surface area contributed by atoms with Gasteiger partial charge < -0.3 is 5.32 Å². The van der Waals surface area contributed by atoms with Crippen molar-refractivity contribution in [3.8, 4) is 0 Å². The number of hydrogen-bond acceptors (Lipinski definition) is 1. The molecule has 0 aromatic carbocycles. The van der Waals surface area contributed by atoms with Crippen molar-refractivity contribution in [2.45, 2.75) is 20.3 Å². The van der Waals surface area contributed by atoms with Crippen LogP contribution < -0.4 is 5.32 Å². The fourth-order valence-corrected chi connectivity index (χ4v) is 1.11. The third-order valence-corrected chi connectivity index (χ3v) is 1.78. The van der Waals surface area contributed by atoms with Crippen LogP contribution in [0.3, 0.4) is 0 Å². The second kappa shape index (κ2) is 8.52. The first kappa shape index (κ1) is 12.9. The van der Waals surface area contributed by atoms with Gasteiger partial charge in [0.2, 0.25) is 0 Å². The van der Waals surface area contributed by atoms with Crippen LogP contribution in [-0.4, -0.2) is 13.1 Å². The SMILES string of the molecule is C=C(/C=C\C)CCNCC(=C)/C=C\C. The molecular formula is C13H21N. The molecule has 0 amide bonds. The Balaban J connectivity index is 3.47. The predicted molar refractivity (Wildman–Crippen MR) is 65.4 cm³/mol. The van der Waals surface area contributed by atoms with E-state index in [0.29, 0.717) is 0 Å². The highest BCUT2D eigenvalue weighted by atomic mass is 14.8. The Kier molecular flexibility index (Phi) is 7.86. The Bertz CT molecular complexity index is 208. The van der Waals surface area contributed by atoms with Gasteiger partial charge in [0.1, 0.15) is 0 Å². The zero-order chi connectivity index (χ0) is 10.8. The highest BCUT2D eigenvalue weighted by Gasteiger charge is 1.90. The van der Waals surface area contributed by atoms with Gasteiger partial charge in [-0.15, -0.1) is 0 Å². The molecule has 1 nitrogen and oxygen atoms in total. The molecule has 0 aliphatic carbocycles. The first-order valence-corrected chi connectivity index (χ1v) is 5.02. The zero-order valence-corrected chi connectivity index (χ0v) is 9.34. The fraction of sp³-hybridized carbons (Fsp3) is 0.385. The minimum absolute atomic E-state index is 0.855. The molecule has 14 heavy (non-hydrogen) atoms. The summed E-state index contributed by atoms with van der Waals surface area (Å²) in [6, 6.07) is 0. The molecule has 0 atom stereocenters. The van der Waals surface area contributed by atoms with Crippen molar-refractivity contribution in [1.29, 1.82) is 0 Å².